The number of thioether (sulfide) groups is 1. The fourth-order valence-electron chi connectivity index (χ4n) is 1.90. The van der Waals surface area contributed by atoms with E-state index in [1.54, 1.807) is 7.11 Å². The van der Waals surface area contributed by atoms with Gasteiger partial charge in [-0.1, -0.05) is 32.4 Å². The summed E-state index contributed by atoms with van der Waals surface area (Å²) in [4.78, 5) is 5.44. The molecule has 0 saturated heterocycles. The predicted octanol–water partition coefficient (Wildman–Crippen LogP) is 4.01. The number of para-hydroxylation sites is 1. The fourth-order valence-corrected chi connectivity index (χ4v) is 2.95. The number of nitrogens with one attached hydrogen (secondary N) is 2. The summed E-state index contributed by atoms with van der Waals surface area (Å²) in [6.45, 7) is 6.32. The Morgan fingerprint density at radius 2 is 2.04 bits per heavy atom. The first-order chi connectivity index (χ1) is 10.7. The van der Waals surface area contributed by atoms with Crippen molar-refractivity contribution < 1.29 is 4.74 Å². The molecular formula is C17H30IN3OS. The molecule has 0 saturated carbocycles. The normalized spacial score (nSPS) is 12.3. The Kier molecular flexibility index (Phi) is 13.4. The quantitative estimate of drug-likeness (QED) is 0.196. The average Bonchev–Trinajstić information content (AvgIpc) is 2.56. The molecule has 1 rings (SSSR count). The Bertz CT molecular complexity index is 457. The van der Waals surface area contributed by atoms with Crippen LogP contribution in [0.15, 0.2) is 34.2 Å². The molecular weight excluding hydrogens is 421 g/mol. The van der Waals surface area contributed by atoms with Crippen molar-refractivity contribution in [1.29, 1.82) is 0 Å². The molecule has 0 aliphatic carbocycles. The minimum Gasteiger partial charge on any atom is -0.496 e. The lowest BCUT2D eigenvalue weighted by Gasteiger charge is -2.16. The SMILES string of the molecule is CCCCNC(=NC)NCC(C)CSc1ccccc1OC.I. The summed E-state index contributed by atoms with van der Waals surface area (Å²) < 4.78 is 5.38. The molecule has 0 aliphatic heterocycles. The zero-order valence-electron chi connectivity index (χ0n) is 14.6. The van der Waals surface area contributed by atoms with E-state index in [2.05, 4.69) is 35.5 Å². The monoisotopic (exact) mass is 451 g/mol. The van der Waals surface area contributed by atoms with Gasteiger partial charge in [0.2, 0.25) is 0 Å². The van der Waals surface area contributed by atoms with E-state index in [1.165, 1.54) is 17.7 Å². The van der Waals surface area contributed by atoms with Gasteiger partial charge in [0.25, 0.3) is 0 Å². The zero-order valence-corrected chi connectivity index (χ0v) is 17.7. The van der Waals surface area contributed by atoms with Gasteiger partial charge in [0.05, 0.1) is 7.11 Å². The van der Waals surface area contributed by atoms with Crippen LogP contribution in [0, 0.1) is 5.92 Å². The van der Waals surface area contributed by atoms with Gasteiger partial charge < -0.3 is 15.4 Å². The van der Waals surface area contributed by atoms with Crippen molar-refractivity contribution >= 4 is 41.7 Å². The van der Waals surface area contributed by atoms with Gasteiger partial charge in [0.1, 0.15) is 5.75 Å². The second kappa shape index (κ2) is 13.8. The summed E-state index contributed by atoms with van der Waals surface area (Å²) in [5, 5.41) is 6.72. The largest absolute Gasteiger partial charge is 0.496 e. The van der Waals surface area contributed by atoms with Gasteiger partial charge in [-0.3, -0.25) is 4.99 Å². The van der Waals surface area contributed by atoms with Gasteiger partial charge in [0, 0.05) is 30.8 Å². The highest BCUT2D eigenvalue weighted by Crippen LogP contribution is 2.29. The molecule has 132 valence electrons. The first kappa shape index (κ1) is 22.4. The van der Waals surface area contributed by atoms with Crippen molar-refractivity contribution in [2.75, 3.05) is 33.0 Å². The van der Waals surface area contributed by atoms with Gasteiger partial charge in [-0.15, -0.1) is 35.7 Å². The third-order valence-corrected chi connectivity index (χ3v) is 4.64. The van der Waals surface area contributed by atoms with Crippen molar-refractivity contribution in [2.24, 2.45) is 10.9 Å². The smallest absolute Gasteiger partial charge is 0.190 e. The molecule has 0 radical (unpaired) electrons. The second-order valence-electron chi connectivity index (χ2n) is 5.30. The number of methoxy groups -OCH3 is 1. The zero-order chi connectivity index (χ0) is 16.2. The highest BCUT2D eigenvalue weighted by Gasteiger charge is 2.07. The van der Waals surface area contributed by atoms with Gasteiger partial charge in [0.15, 0.2) is 5.96 Å². The van der Waals surface area contributed by atoms with Crippen molar-refractivity contribution in [1.82, 2.24) is 10.6 Å². The number of benzene rings is 1. The van der Waals surface area contributed by atoms with Gasteiger partial charge in [-0.25, -0.2) is 0 Å². The molecule has 0 spiro atoms. The van der Waals surface area contributed by atoms with Crippen LogP contribution < -0.4 is 15.4 Å². The van der Waals surface area contributed by atoms with Gasteiger partial charge in [-0.2, -0.15) is 0 Å². The fraction of sp³-hybridized carbons (Fsp3) is 0.588. The van der Waals surface area contributed by atoms with E-state index in [1.807, 2.05) is 37.0 Å². The van der Waals surface area contributed by atoms with E-state index in [4.69, 9.17) is 4.74 Å². The topological polar surface area (TPSA) is 45.7 Å². The summed E-state index contributed by atoms with van der Waals surface area (Å²) in [5.74, 6) is 3.42. The Morgan fingerprint density at radius 3 is 2.70 bits per heavy atom. The molecule has 2 N–H and O–H groups in total. The number of unbranched alkanes of at least 4 members (excludes halogenated alkanes) is 1. The van der Waals surface area contributed by atoms with E-state index in [-0.39, 0.29) is 24.0 Å². The number of nitrogens with zero attached hydrogens (tertiary/aromatic N) is 1. The standard InChI is InChI=1S/C17H29N3OS.HI/c1-5-6-11-19-17(18-3)20-12-14(2)13-22-16-10-8-7-9-15(16)21-4;/h7-10,14H,5-6,11-13H2,1-4H3,(H2,18,19,20);1H. The molecule has 1 aromatic carbocycles. The van der Waals surface area contributed by atoms with Crippen LogP contribution in [0.5, 0.6) is 5.75 Å². The first-order valence-electron chi connectivity index (χ1n) is 7.91. The molecule has 1 atom stereocenters. The molecule has 0 amide bonds. The van der Waals surface area contributed by atoms with Crippen LogP contribution in [0.4, 0.5) is 0 Å². The maximum atomic E-state index is 5.38. The summed E-state index contributed by atoms with van der Waals surface area (Å²) in [7, 11) is 3.53. The van der Waals surface area contributed by atoms with Crippen LogP contribution in [0.1, 0.15) is 26.7 Å². The highest BCUT2D eigenvalue weighted by molar-refractivity contribution is 14.0. The van der Waals surface area contributed by atoms with E-state index in [9.17, 15) is 0 Å². The number of ether oxygens (including phenoxy) is 1. The van der Waals surface area contributed by atoms with Gasteiger partial charge >= 0.3 is 0 Å². The lowest BCUT2D eigenvalue weighted by atomic mass is 10.2. The predicted molar refractivity (Wildman–Crippen MR) is 113 cm³/mol. The summed E-state index contributed by atoms with van der Waals surface area (Å²) >= 11 is 1.84. The maximum Gasteiger partial charge on any atom is 0.190 e. The van der Waals surface area contributed by atoms with Crippen molar-refractivity contribution in [2.45, 2.75) is 31.6 Å². The van der Waals surface area contributed by atoms with E-state index >= 15 is 0 Å². The third kappa shape index (κ3) is 9.30. The lowest BCUT2D eigenvalue weighted by molar-refractivity contribution is 0.405. The maximum absolute atomic E-state index is 5.38. The Balaban J connectivity index is 0.00000484. The number of rotatable bonds is 9. The minimum atomic E-state index is 0. The van der Waals surface area contributed by atoms with Crippen LogP contribution in [-0.4, -0.2) is 39.0 Å². The van der Waals surface area contributed by atoms with Gasteiger partial charge in [-0.05, 0) is 24.5 Å². The van der Waals surface area contributed by atoms with Crippen LogP contribution >= 0.6 is 35.7 Å². The number of aliphatic imine (C=N–C) groups is 1. The number of halogens is 1. The molecule has 0 bridgehead atoms. The molecule has 1 aromatic rings. The van der Waals surface area contributed by atoms with Crippen molar-refractivity contribution in [3.8, 4) is 5.75 Å². The van der Waals surface area contributed by atoms with E-state index in [0.29, 0.717) is 5.92 Å². The van der Waals surface area contributed by atoms with Crippen LogP contribution in [0.2, 0.25) is 0 Å². The Labute approximate surface area is 162 Å². The average molecular weight is 451 g/mol. The summed E-state index contributed by atoms with van der Waals surface area (Å²) in [6, 6.07) is 8.16. The molecule has 1 unspecified atom stereocenters. The second-order valence-corrected chi connectivity index (χ2v) is 6.36. The first-order valence-corrected chi connectivity index (χ1v) is 8.90. The summed E-state index contributed by atoms with van der Waals surface area (Å²) in [6.07, 6.45) is 2.36. The van der Waals surface area contributed by atoms with Crippen molar-refractivity contribution in [3.63, 3.8) is 0 Å². The van der Waals surface area contributed by atoms with Crippen molar-refractivity contribution in [3.05, 3.63) is 24.3 Å². The Hall–Kier alpha value is -0.630. The van der Waals surface area contributed by atoms with E-state index < -0.39 is 0 Å². The molecule has 0 aliphatic rings. The lowest BCUT2D eigenvalue weighted by Crippen LogP contribution is -2.40. The summed E-state index contributed by atoms with van der Waals surface area (Å²) in [5.41, 5.74) is 0. The molecule has 0 heterocycles. The molecule has 6 heteroatoms. The number of hydrogen-bond acceptors (Lipinski definition) is 3. The van der Waals surface area contributed by atoms with Crippen LogP contribution in [0.3, 0.4) is 0 Å². The molecule has 0 fully saturated rings. The molecule has 4 nitrogen and oxygen atoms in total. The third-order valence-electron chi connectivity index (χ3n) is 3.26. The molecule has 0 aromatic heterocycles. The highest BCUT2D eigenvalue weighted by atomic mass is 127. The minimum absolute atomic E-state index is 0. The number of guanidine groups is 1. The van der Waals surface area contributed by atoms with Crippen LogP contribution in [-0.2, 0) is 0 Å². The molecule has 23 heavy (non-hydrogen) atoms. The van der Waals surface area contributed by atoms with Crippen LogP contribution in [0.25, 0.3) is 0 Å². The number of hydrogen-bond donors (Lipinski definition) is 2. The van der Waals surface area contributed by atoms with E-state index in [0.717, 1.165) is 30.6 Å². The Morgan fingerprint density at radius 1 is 1.30 bits per heavy atom.